The van der Waals surface area contributed by atoms with Crippen molar-refractivity contribution in [2.24, 2.45) is 35.1 Å². The van der Waals surface area contributed by atoms with Crippen LogP contribution in [0.25, 0.3) is 0 Å². The van der Waals surface area contributed by atoms with Crippen molar-refractivity contribution in [3.63, 3.8) is 0 Å². The van der Waals surface area contributed by atoms with Crippen molar-refractivity contribution in [2.75, 3.05) is 0 Å². The van der Waals surface area contributed by atoms with Crippen molar-refractivity contribution in [2.45, 2.75) is 89.1 Å². The molecule has 0 aliphatic heterocycles. The summed E-state index contributed by atoms with van der Waals surface area (Å²) in [5.41, 5.74) is 12.1. The second-order valence-electron chi connectivity index (χ2n) is 8.02. The summed E-state index contributed by atoms with van der Waals surface area (Å²) in [6.45, 7) is 0. The molecular weight excluding hydrogens is 244 g/mol. The van der Waals surface area contributed by atoms with Gasteiger partial charge in [-0.3, -0.25) is 0 Å². The van der Waals surface area contributed by atoms with E-state index < -0.39 is 0 Å². The highest BCUT2D eigenvalue weighted by Gasteiger charge is 2.33. The van der Waals surface area contributed by atoms with Gasteiger partial charge < -0.3 is 11.5 Å². The van der Waals surface area contributed by atoms with Gasteiger partial charge in [0.2, 0.25) is 0 Å². The summed E-state index contributed by atoms with van der Waals surface area (Å²) in [4.78, 5) is 0. The lowest BCUT2D eigenvalue weighted by atomic mass is 9.66. The average molecular weight is 278 g/mol. The summed E-state index contributed by atoms with van der Waals surface area (Å²) in [6, 6.07) is 1.02. The molecule has 0 amide bonds. The van der Waals surface area contributed by atoms with Crippen LogP contribution in [-0.2, 0) is 0 Å². The van der Waals surface area contributed by atoms with Gasteiger partial charge in [-0.15, -0.1) is 0 Å². The van der Waals surface area contributed by atoms with Crippen LogP contribution in [0.4, 0.5) is 0 Å². The van der Waals surface area contributed by atoms with Crippen molar-refractivity contribution in [3.05, 3.63) is 0 Å². The molecule has 0 aromatic carbocycles. The maximum Gasteiger partial charge on any atom is 0.00390 e. The van der Waals surface area contributed by atoms with Crippen molar-refractivity contribution < 1.29 is 0 Å². The summed E-state index contributed by atoms with van der Waals surface area (Å²) in [6.07, 6.45) is 16.8. The number of nitrogens with two attached hydrogens (primary N) is 2. The first-order chi connectivity index (χ1) is 9.72. The molecule has 0 radical (unpaired) electrons. The highest BCUT2D eigenvalue weighted by Crippen LogP contribution is 2.44. The third-order valence-electron chi connectivity index (χ3n) is 6.78. The standard InChI is InChI=1S/C18H34N2/c19-17-9-5-15(6-10-17)13-1-2-14(4-3-13)16-7-11-18(20)12-8-16/h13-18H,1-12,19-20H2. The molecule has 3 aliphatic rings. The van der Waals surface area contributed by atoms with Gasteiger partial charge >= 0.3 is 0 Å². The number of hydrogen-bond acceptors (Lipinski definition) is 2. The van der Waals surface area contributed by atoms with Gasteiger partial charge in [0.15, 0.2) is 0 Å². The topological polar surface area (TPSA) is 52.0 Å². The molecule has 0 atom stereocenters. The molecule has 3 rings (SSSR count). The summed E-state index contributed by atoms with van der Waals surface area (Å²) in [5, 5.41) is 0. The maximum absolute atomic E-state index is 6.05. The number of rotatable bonds is 2. The van der Waals surface area contributed by atoms with E-state index in [0.717, 1.165) is 23.7 Å². The fourth-order valence-electron chi connectivity index (χ4n) is 5.32. The van der Waals surface area contributed by atoms with Crippen LogP contribution in [0.3, 0.4) is 0 Å². The van der Waals surface area contributed by atoms with Gasteiger partial charge in [0.1, 0.15) is 0 Å². The Labute approximate surface area is 125 Å². The van der Waals surface area contributed by atoms with Crippen LogP contribution in [0.15, 0.2) is 0 Å². The SMILES string of the molecule is NC1CCC(C2CCC(C3CCC(N)CC3)CC2)CC1. The Hall–Kier alpha value is -0.0800. The summed E-state index contributed by atoms with van der Waals surface area (Å²) in [5.74, 6) is 4.08. The normalized spacial score (nSPS) is 47.1. The van der Waals surface area contributed by atoms with Gasteiger partial charge in [0, 0.05) is 12.1 Å². The molecule has 0 aromatic rings. The Morgan fingerprint density at radius 1 is 0.350 bits per heavy atom. The lowest BCUT2D eigenvalue weighted by Gasteiger charge is -2.40. The van der Waals surface area contributed by atoms with E-state index in [-0.39, 0.29) is 0 Å². The van der Waals surface area contributed by atoms with E-state index in [2.05, 4.69) is 0 Å². The van der Waals surface area contributed by atoms with Crippen molar-refractivity contribution in [1.29, 1.82) is 0 Å². The molecule has 4 N–H and O–H groups in total. The summed E-state index contributed by atoms with van der Waals surface area (Å²) >= 11 is 0. The van der Waals surface area contributed by atoms with E-state index in [1.54, 1.807) is 0 Å². The zero-order valence-corrected chi connectivity index (χ0v) is 13.1. The van der Waals surface area contributed by atoms with E-state index in [0.29, 0.717) is 12.1 Å². The first-order valence-corrected chi connectivity index (χ1v) is 9.23. The molecule has 0 heterocycles. The Balaban J connectivity index is 1.42. The molecule has 0 aromatic heterocycles. The summed E-state index contributed by atoms with van der Waals surface area (Å²) < 4.78 is 0. The molecule has 3 saturated carbocycles. The zero-order chi connectivity index (χ0) is 13.9. The predicted molar refractivity (Wildman–Crippen MR) is 85.3 cm³/mol. The Kier molecular flexibility index (Phi) is 5.04. The fraction of sp³-hybridized carbons (Fsp3) is 1.00. The van der Waals surface area contributed by atoms with Crippen molar-refractivity contribution in [3.8, 4) is 0 Å². The van der Waals surface area contributed by atoms with Crippen LogP contribution in [0.2, 0.25) is 0 Å². The molecule has 2 heteroatoms. The molecule has 3 aliphatic carbocycles. The largest absolute Gasteiger partial charge is 0.328 e. The molecule has 0 saturated heterocycles. The molecule has 116 valence electrons. The lowest BCUT2D eigenvalue weighted by molar-refractivity contribution is 0.117. The third kappa shape index (κ3) is 3.57. The molecule has 0 spiro atoms. The molecular formula is C18H34N2. The minimum Gasteiger partial charge on any atom is -0.328 e. The smallest absolute Gasteiger partial charge is 0.00390 e. The Morgan fingerprint density at radius 2 is 0.550 bits per heavy atom. The minimum atomic E-state index is 0.508. The molecule has 3 fully saturated rings. The van der Waals surface area contributed by atoms with E-state index >= 15 is 0 Å². The van der Waals surface area contributed by atoms with Crippen LogP contribution in [0.5, 0.6) is 0 Å². The van der Waals surface area contributed by atoms with Gasteiger partial charge in [-0.1, -0.05) is 0 Å². The van der Waals surface area contributed by atoms with Gasteiger partial charge in [-0.05, 0) is 101 Å². The van der Waals surface area contributed by atoms with Gasteiger partial charge in [-0.2, -0.15) is 0 Å². The first-order valence-electron chi connectivity index (χ1n) is 9.23. The average Bonchev–Trinajstić information content (AvgIpc) is 2.49. The van der Waals surface area contributed by atoms with E-state index in [1.807, 2.05) is 0 Å². The summed E-state index contributed by atoms with van der Waals surface area (Å²) in [7, 11) is 0. The van der Waals surface area contributed by atoms with E-state index in [4.69, 9.17) is 11.5 Å². The lowest BCUT2D eigenvalue weighted by Crippen LogP contribution is -2.34. The minimum absolute atomic E-state index is 0.508. The van der Waals surface area contributed by atoms with E-state index in [1.165, 1.54) is 77.0 Å². The van der Waals surface area contributed by atoms with Crippen LogP contribution in [0, 0.1) is 23.7 Å². The quantitative estimate of drug-likeness (QED) is 0.806. The van der Waals surface area contributed by atoms with Gasteiger partial charge in [0.25, 0.3) is 0 Å². The van der Waals surface area contributed by atoms with Crippen LogP contribution in [-0.4, -0.2) is 12.1 Å². The van der Waals surface area contributed by atoms with Gasteiger partial charge in [0.05, 0.1) is 0 Å². The molecule has 2 nitrogen and oxygen atoms in total. The Morgan fingerprint density at radius 3 is 0.800 bits per heavy atom. The predicted octanol–water partition coefficient (Wildman–Crippen LogP) is 3.83. The highest BCUT2D eigenvalue weighted by atomic mass is 14.6. The van der Waals surface area contributed by atoms with Crippen molar-refractivity contribution >= 4 is 0 Å². The van der Waals surface area contributed by atoms with Crippen LogP contribution >= 0.6 is 0 Å². The fourth-order valence-corrected chi connectivity index (χ4v) is 5.32. The second-order valence-corrected chi connectivity index (χ2v) is 8.02. The van der Waals surface area contributed by atoms with Crippen LogP contribution in [0.1, 0.15) is 77.0 Å². The maximum atomic E-state index is 6.05. The monoisotopic (exact) mass is 278 g/mol. The number of hydrogen-bond donors (Lipinski definition) is 2. The van der Waals surface area contributed by atoms with Gasteiger partial charge in [-0.25, -0.2) is 0 Å². The highest BCUT2D eigenvalue weighted by molar-refractivity contribution is 4.86. The first kappa shape index (κ1) is 14.8. The molecule has 0 bridgehead atoms. The zero-order valence-electron chi connectivity index (χ0n) is 13.1. The van der Waals surface area contributed by atoms with Crippen molar-refractivity contribution in [1.82, 2.24) is 0 Å². The second kappa shape index (κ2) is 6.79. The third-order valence-corrected chi connectivity index (χ3v) is 6.78. The molecule has 0 unspecified atom stereocenters. The Bertz CT molecular complexity index is 250. The van der Waals surface area contributed by atoms with Crippen LogP contribution < -0.4 is 11.5 Å². The van der Waals surface area contributed by atoms with E-state index in [9.17, 15) is 0 Å². The molecule has 20 heavy (non-hydrogen) atoms.